The molecule has 1 atom stereocenters. The minimum Gasteiger partial charge on any atom is -0.338 e. The number of rotatable bonds is 4. The number of hydrogen-bond acceptors (Lipinski definition) is 4. The van der Waals surface area contributed by atoms with Crippen LogP contribution in [0.25, 0.3) is 0 Å². The maximum absolute atomic E-state index is 12.3. The van der Waals surface area contributed by atoms with E-state index in [0.29, 0.717) is 11.6 Å². The van der Waals surface area contributed by atoms with E-state index in [1.165, 1.54) is 19.3 Å². The lowest BCUT2D eigenvalue weighted by Crippen LogP contribution is -2.40. The monoisotopic (exact) mass is 388 g/mol. The quantitative estimate of drug-likeness (QED) is 0.849. The fourth-order valence-corrected chi connectivity index (χ4v) is 3.44. The Morgan fingerprint density at radius 1 is 1.33 bits per heavy atom. The summed E-state index contributed by atoms with van der Waals surface area (Å²) in [4.78, 5) is 23.4. The smallest absolute Gasteiger partial charge is 0.258 e. The molecule has 5 nitrogen and oxygen atoms in total. The fourth-order valence-electron chi connectivity index (χ4n) is 3.04. The van der Waals surface area contributed by atoms with Crippen LogP contribution in [0.3, 0.4) is 0 Å². The third-order valence-corrected chi connectivity index (χ3v) is 4.83. The largest absolute Gasteiger partial charge is 0.338 e. The van der Waals surface area contributed by atoms with Crippen LogP contribution in [-0.4, -0.2) is 28.5 Å². The van der Waals surface area contributed by atoms with Gasteiger partial charge in [-0.1, -0.05) is 28.9 Å². The second-order valence-corrected chi connectivity index (χ2v) is 6.90. The van der Waals surface area contributed by atoms with E-state index in [4.69, 9.17) is 0 Å². The molecule has 126 valence electrons. The predicted octanol–water partition coefficient (Wildman–Crippen LogP) is 4.26. The van der Waals surface area contributed by atoms with Crippen LogP contribution in [0.5, 0.6) is 0 Å². The highest BCUT2D eigenvalue weighted by atomic mass is 79.9. The topological polar surface area (TPSA) is 58.1 Å². The van der Waals surface area contributed by atoms with E-state index in [1.807, 2.05) is 24.3 Å². The average Bonchev–Trinajstić information content (AvgIpc) is 2.62. The number of piperidine rings is 1. The maximum Gasteiger partial charge on any atom is 0.258 e. The predicted molar refractivity (Wildman–Crippen MR) is 99.4 cm³/mol. The minimum atomic E-state index is -0.203. The van der Waals surface area contributed by atoms with Crippen molar-refractivity contribution >= 4 is 33.5 Å². The molecule has 1 fully saturated rings. The number of benzene rings is 1. The molecule has 6 heteroatoms. The Morgan fingerprint density at radius 3 is 2.83 bits per heavy atom. The Morgan fingerprint density at radius 2 is 2.12 bits per heavy atom. The van der Waals surface area contributed by atoms with E-state index < -0.39 is 0 Å². The van der Waals surface area contributed by atoms with Crippen molar-refractivity contribution in [3.05, 3.63) is 46.7 Å². The van der Waals surface area contributed by atoms with Gasteiger partial charge >= 0.3 is 0 Å². The number of anilines is 2. The first-order valence-corrected chi connectivity index (χ1v) is 9.12. The van der Waals surface area contributed by atoms with Crippen LogP contribution < -0.4 is 10.2 Å². The molecule has 1 aliphatic heterocycles. The van der Waals surface area contributed by atoms with Gasteiger partial charge in [-0.2, -0.15) is 0 Å². The van der Waals surface area contributed by atoms with Gasteiger partial charge in [-0.25, -0.2) is 9.97 Å². The molecule has 1 aliphatic rings. The molecule has 1 aromatic heterocycles. The number of halogens is 1. The molecule has 1 unspecified atom stereocenters. The van der Waals surface area contributed by atoms with Gasteiger partial charge < -0.3 is 10.2 Å². The second-order valence-electron chi connectivity index (χ2n) is 5.99. The summed E-state index contributed by atoms with van der Waals surface area (Å²) in [6, 6.07) is 7.99. The Hall–Kier alpha value is -1.95. The Kier molecular flexibility index (Phi) is 5.45. The van der Waals surface area contributed by atoms with Crippen molar-refractivity contribution in [2.45, 2.75) is 38.6 Å². The maximum atomic E-state index is 12.3. The van der Waals surface area contributed by atoms with Crippen molar-refractivity contribution < 1.29 is 4.79 Å². The third kappa shape index (κ3) is 3.93. The van der Waals surface area contributed by atoms with Crippen LogP contribution in [-0.2, 0) is 0 Å². The molecule has 0 radical (unpaired) electrons. The summed E-state index contributed by atoms with van der Waals surface area (Å²) in [5.41, 5.74) is 1.20. The van der Waals surface area contributed by atoms with Gasteiger partial charge in [0, 0.05) is 35.1 Å². The Balaban J connectivity index is 1.70. The minimum absolute atomic E-state index is 0.203. The molecule has 1 N–H and O–H groups in total. The number of nitrogens with zero attached hydrogens (tertiary/aromatic N) is 3. The Labute approximate surface area is 150 Å². The zero-order valence-electron chi connectivity index (χ0n) is 13.7. The summed E-state index contributed by atoms with van der Waals surface area (Å²) in [7, 11) is 0. The van der Waals surface area contributed by atoms with E-state index in [9.17, 15) is 4.79 Å². The van der Waals surface area contributed by atoms with Crippen molar-refractivity contribution in [1.29, 1.82) is 0 Å². The van der Waals surface area contributed by atoms with Crippen molar-refractivity contribution in [2.24, 2.45) is 0 Å². The molecular formula is C18H21BrN4O. The molecule has 24 heavy (non-hydrogen) atoms. The van der Waals surface area contributed by atoms with E-state index in [2.05, 4.69) is 43.0 Å². The van der Waals surface area contributed by atoms with Gasteiger partial charge in [-0.05, 0) is 43.9 Å². The normalized spacial score (nSPS) is 17.6. The second kappa shape index (κ2) is 7.75. The molecule has 2 aromatic rings. The lowest BCUT2D eigenvalue weighted by molar-refractivity contribution is 0.102. The van der Waals surface area contributed by atoms with E-state index in [-0.39, 0.29) is 5.91 Å². The first-order chi connectivity index (χ1) is 11.7. The van der Waals surface area contributed by atoms with Crippen molar-refractivity contribution in [2.75, 3.05) is 16.8 Å². The highest BCUT2D eigenvalue weighted by Crippen LogP contribution is 2.23. The number of nitrogens with one attached hydrogen (secondary N) is 1. The van der Waals surface area contributed by atoms with E-state index >= 15 is 0 Å². The molecule has 3 rings (SSSR count). The van der Waals surface area contributed by atoms with E-state index in [0.717, 1.165) is 29.1 Å². The molecule has 0 spiro atoms. The SMILES string of the molecule is CCC1CCCCN1c1ncc(C(=O)Nc2cccc(Br)c2)cn1. The lowest BCUT2D eigenvalue weighted by Gasteiger charge is -2.35. The van der Waals surface area contributed by atoms with Crippen molar-refractivity contribution in [1.82, 2.24) is 9.97 Å². The molecule has 1 amide bonds. The van der Waals surface area contributed by atoms with Gasteiger partial charge in [0.1, 0.15) is 0 Å². The molecule has 2 heterocycles. The number of carbonyl (C=O) groups excluding carboxylic acids is 1. The van der Waals surface area contributed by atoms with Crippen LogP contribution in [0.15, 0.2) is 41.1 Å². The van der Waals surface area contributed by atoms with Gasteiger partial charge in [-0.15, -0.1) is 0 Å². The van der Waals surface area contributed by atoms with Gasteiger partial charge in [-0.3, -0.25) is 4.79 Å². The number of carbonyl (C=O) groups is 1. The summed E-state index contributed by atoms with van der Waals surface area (Å²) in [5, 5.41) is 2.86. The number of amides is 1. The first-order valence-electron chi connectivity index (χ1n) is 8.33. The van der Waals surface area contributed by atoms with Crippen molar-refractivity contribution in [3.8, 4) is 0 Å². The lowest BCUT2D eigenvalue weighted by atomic mass is 10.0. The molecule has 0 aliphatic carbocycles. The molecule has 1 aromatic carbocycles. The summed E-state index contributed by atoms with van der Waals surface area (Å²) >= 11 is 3.39. The highest BCUT2D eigenvalue weighted by Gasteiger charge is 2.23. The van der Waals surface area contributed by atoms with Gasteiger partial charge in [0.05, 0.1) is 5.56 Å². The average molecular weight is 389 g/mol. The molecule has 1 saturated heterocycles. The molecular weight excluding hydrogens is 368 g/mol. The summed E-state index contributed by atoms with van der Waals surface area (Å²) in [6.07, 6.45) is 7.93. The summed E-state index contributed by atoms with van der Waals surface area (Å²) < 4.78 is 0.919. The number of hydrogen-bond donors (Lipinski definition) is 1. The van der Waals surface area contributed by atoms with Crippen LogP contribution >= 0.6 is 15.9 Å². The standard InChI is InChI=1S/C18H21BrN4O/c1-2-16-8-3-4-9-23(16)18-20-11-13(12-21-18)17(24)22-15-7-5-6-14(19)10-15/h5-7,10-12,16H,2-4,8-9H2,1H3,(H,22,24). The van der Waals surface area contributed by atoms with Crippen LogP contribution in [0.2, 0.25) is 0 Å². The van der Waals surface area contributed by atoms with Gasteiger partial charge in [0.15, 0.2) is 0 Å². The molecule has 0 saturated carbocycles. The van der Waals surface area contributed by atoms with Crippen LogP contribution in [0, 0.1) is 0 Å². The van der Waals surface area contributed by atoms with Gasteiger partial charge in [0.25, 0.3) is 5.91 Å². The highest BCUT2D eigenvalue weighted by molar-refractivity contribution is 9.10. The van der Waals surface area contributed by atoms with Crippen LogP contribution in [0.4, 0.5) is 11.6 Å². The zero-order chi connectivity index (χ0) is 16.9. The van der Waals surface area contributed by atoms with Gasteiger partial charge in [0.2, 0.25) is 5.95 Å². The Bertz CT molecular complexity index is 704. The zero-order valence-corrected chi connectivity index (χ0v) is 15.3. The van der Waals surface area contributed by atoms with Crippen molar-refractivity contribution in [3.63, 3.8) is 0 Å². The van der Waals surface area contributed by atoms with E-state index in [1.54, 1.807) is 12.4 Å². The molecule has 0 bridgehead atoms. The fraction of sp³-hybridized carbons (Fsp3) is 0.389. The summed E-state index contributed by atoms with van der Waals surface area (Å²) in [6.45, 7) is 3.19. The first kappa shape index (κ1) is 16.9. The third-order valence-electron chi connectivity index (χ3n) is 4.34. The van der Waals surface area contributed by atoms with Crippen LogP contribution in [0.1, 0.15) is 43.0 Å². The number of aromatic nitrogens is 2. The summed E-state index contributed by atoms with van der Waals surface area (Å²) in [5.74, 6) is 0.519.